The largest absolute Gasteiger partial charge is 0.355 e. The van der Waals surface area contributed by atoms with Crippen molar-refractivity contribution in [3.63, 3.8) is 0 Å². The van der Waals surface area contributed by atoms with Crippen molar-refractivity contribution >= 4 is 34.9 Å². The van der Waals surface area contributed by atoms with E-state index in [1.807, 2.05) is 18.0 Å². The summed E-state index contributed by atoms with van der Waals surface area (Å²) in [6, 6.07) is 6.89. The van der Waals surface area contributed by atoms with Gasteiger partial charge in [-0.25, -0.2) is 0 Å². The van der Waals surface area contributed by atoms with Gasteiger partial charge in [-0.2, -0.15) is 0 Å². The number of hydrogen-bond donors (Lipinski definition) is 0. The third-order valence-corrected chi connectivity index (χ3v) is 4.95. The SMILES string of the molecule is CN1C2=CCC(=O)C=C2SC1C(=O)c1ccc(Cl)cc1. The molecule has 102 valence electrons. The van der Waals surface area contributed by atoms with E-state index >= 15 is 0 Å². The Kier molecular flexibility index (Phi) is 3.44. The highest BCUT2D eigenvalue weighted by molar-refractivity contribution is 8.04. The molecule has 1 aliphatic carbocycles. The topological polar surface area (TPSA) is 37.4 Å². The number of likely N-dealkylation sites (N-methyl/N-ethyl adjacent to an activating group) is 1. The number of allylic oxidation sites excluding steroid dienone is 2. The summed E-state index contributed by atoms with van der Waals surface area (Å²) in [6.45, 7) is 0. The lowest BCUT2D eigenvalue weighted by Crippen LogP contribution is -2.30. The zero-order valence-corrected chi connectivity index (χ0v) is 12.4. The fourth-order valence-corrected chi connectivity index (χ4v) is 3.73. The third-order valence-electron chi connectivity index (χ3n) is 3.36. The Morgan fingerprint density at radius 3 is 2.75 bits per heavy atom. The average Bonchev–Trinajstić information content (AvgIpc) is 2.75. The van der Waals surface area contributed by atoms with Gasteiger partial charge in [-0.05, 0) is 30.3 Å². The van der Waals surface area contributed by atoms with Crippen LogP contribution in [0.3, 0.4) is 0 Å². The van der Waals surface area contributed by atoms with Crippen molar-refractivity contribution in [2.45, 2.75) is 11.8 Å². The number of ketones is 2. The summed E-state index contributed by atoms with van der Waals surface area (Å²) in [5, 5.41) is 0.290. The molecule has 1 atom stereocenters. The zero-order valence-electron chi connectivity index (χ0n) is 10.8. The van der Waals surface area contributed by atoms with E-state index in [9.17, 15) is 9.59 Å². The van der Waals surface area contributed by atoms with Gasteiger partial charge >= 0.3 is 0 Å². The minimum Gasteiger partial charge on any atom is -0.355 e. The van der Waals surface area contributed by atoms with Crippen molar-refractivity contribution in [1.82, 2.24) is 4.90 Å². The molecule has 0 saturated carbocycles. The lowest BCUT2D eigenvalue weighted by Gasteiger charge is -2.20. The number of fused-ring (bicyclic) bond motifs is 1. The van der Waals surface area contributed by atoms with Gasteiger partial charge < -0.3 is 4.90 Å². The highest BCUT2D eigenvalue weighted by Gasteiger charge is 2.37. The summed E-state index contributed by atoms with van der Waals surface area (Å²) < 4.78 is 0. The lowest BCUT2D eigenvalue weighted by molar-refractivity contribution is -0.113. The van der Waals surface area contributed by atoms with Crippen LogP contribution in [0, 0.1) is 0 Å². The lowest BCUT2D eigenvalue weighted by atomic mass is 10.1. The zero-order chi connectivity index (χ0) is 14.3. The van der Waals surface area contributed by atoms with Gasteiger partial charge in [0.15, 0.2) is 11.6 Å². The summed E-state index contributed by atoms with van der Waals surface area (Å²) in [5.41, 5.74) is 1.60. The van der Waals surface area contributed by atoms with Crippen LogP contribution in [-0.2, 0) is 4.79 Å². The first-order valence-electron chi connectivity index (χ1n) is 6.20. The van der Waals surface area contributed by atoms with E-state index in [1.54, 1.807) is 30.3 Å². The summed E-state index contributed by atoms with van der Waals surface area (Å²) in [7, 11) is 1.88. The Morgan fingerprint density at radius 2 is 2.05 bits per heavy atom. The number of thioether (sulfide) groups is 1. The molecule has 0 N–H and O–H groups in total. The maximum absolute atomic E-state index is 12.5. The minimum absolute atomic E-state index is 0.0258. The smallest absolute Gasteiger partial charge is 0.195 e. The van der Waals surface area contributed by atoms with Crippen LogP contribution in [0.4, 0.5) is 0 Å². The second-order valence-corrected chi connectivity index (χ2v) is 6.28. The quantitative estimate of drug-likeness (QED) is 0.786. The van der Waals surface area contributed by atoms with E-state index in [0.717, 1.165) is 10.6 Å². The van der Waals surface area contributed by atoms with E-state index in [2.05, 4.69) is 0 Å². The normalized spacial score (nSPS) is 21.4. The fourth-order valence-electron chi connectivity index (χ4n) is 2.30. The highest BCUT2D eigenvalue weighted by atomic mass is 35.5. The number of benzene rings is 1. The number of nitrogens with zero attached hydrogens (tertiary/aromatic N) is 1. The molecule has 0 bridgehead atoms. The maximum atomic E-state index is 12.5. The summed E-state index contributed by atoms with van der Waals surface area (Å²) >= 11 is 7.27. The molecule has 0 aromatic heterocycles. The molecule has 1 aromatic rings. The van der Waals surface area contributed by atoms with E-state index in [1.165, 1.54) is 11.8 Å². The first-order valence-corrected chi connectivity index (χ1v) is 7.46. The van der Waals surface area contributed by atoms with Crippen LogP contribution in [0.2, 0.25) is 5.02 Å². The number of rotatable bonds is 2. The molecular weight excluding hydrogens is 294 g/mol. The van der Waals surface area contributed by atoms with Crippen molar-refractivity contribution in [2.24, 2.45) is 0 Å². The van der Waals surface area contributed by atoms with E-state index in [4.69, 9.17) is 11.6 Å². The van der Waals surface area contributed by atoms with Crippen LogP contribution in [0.15, 0.2) is 47.0 Å². The van der Waals surface area contributed by atoms with E-state index in [-0.39, 0.29) is 16.9 Å². The van der Waals surface area contributed by atoms with E-state index in [0.29, 0.717) is 17.0 Å². The molecule has 0 spiro atoms. The Labute approximate surface area is 126 Å². The summed E-state index contributed by atoms with van der Waals surface area (Å²) in [4.78, 5) is 26.8. The van der Waals surface area contributed by atoms with Crippen LogP contribution in [0.5, 0.6) is 0 Å². The van der Waals surface area contributed by atoms with Gasteiger partial charge in [-0.3, -0.25) is 9.59 Å². The van der Waals surface area contributed by atoms with Crippen LogP contribution in [-0.4, -0.2) is 28.9 Å². The van der Waals surface area contributed by atoms with Gasteiger partial charge in [0.1, 0.15) is 5.37 Å². The molecule has 1 saturated heterocycles. The van der Waals surface area contributed by atoms with Gasteiger partial charge in [0, 0.05) is 34.7 Å². The minimum atomic E-state index is -0.320. The van der Waals surface area contributed by atoms with Crippen LogP contribution in [0.1, 0.15) is 16.8 Å². The molecule has 1 heterocycles. The second-order valence-electron chi connectivity index (χ2n) is 4.72. The Morgan fingerprint density at radius 1 is 1.35 bits per heavy atom. The number of Topliss-reactive ketones (excluding diaryl/α,β-unsaturated/α-hetero) is 1. The van der Waals surface area contributed by atoms with Gasteiger partial charge in [0.25, 0.3) is 0 Å². The molecule has 3 rings (SSSR count). The molecular formula is C15H12ClNO2S. The van der Waals surface area contributed by atoms with E-state index < -0.39 is 0 Å². The predicted molar refractivity (Wildman–Crippen MR) is 80.7 cm³/mol. The molecule has 0 radical (unpaired) electrons. The fraction of sp³-hybridized carbons (Fsp3) is 0.200. The van der Waals surface area contributed by atoms with Crippen LogP contribution < -0.4 is 0 Å². The number of hydrogen-bond acceptors (Lipinski definition) is 4. The highest BCUT2D eigenvalue weighted by Crippen LogP contribution is 2.43. The standard InChI is InChI=1S/C15H12ClNO2S/c1-17-12-7-6-11(18)8-13(12)20-15(17)14(19)9-2-4-10(16)5-3-9/h2-5,7-8,15H,6H2,1H3. The van der Waals surface area contributed by atoms with Crippen molar-refractivity contribution < 1.29 is 9.59 Å². The van der Waals surface area contributed by atoms with Crippen LogP contribution >= 0.6 is 23.4 Å². The van der Waals surface area contributed by atoms with Crippen molar-refractivity contribution in [3.8, 4) is 0 Å². The van der Waals surface area contributed by atoms with Crippen molar-refractivity contribution in [2.75, 3.05) is 7.05 Å². The Balaban J connectivity index is 1.88. The summed E-state index contributed by atoms with van der Waals surface area (Å²) in [5.74, 6) is 0.113. The molecule has 1 fully saturated rings. The third kappa shape index (κ3) is 2.30. The molecule has 3 nitrogen and oxygen atoms in total. The average molecular weight is 306 g/mol. The molecule has 1 aromatic carbocycles. The Bertz CT molecular complexity index is 648. The molecule has 1 aliphatic heterocycles. The molecule has 20 heavy (non-hydrogen) atoms. The van der Waals surface area contributed by atoms with Crippen LogP contribution in [0.25, 0.3) is 0 Å². The molecule has 1 unspecified atom stereocenters. The first kappa shape index (κ1) is 13.5. The molecule has 5 heteroatoms. The first-order chi connectivity index (χ1) is 9.56. The molecule has 2 aliphatic rings. The second kappa shape index (κ2) is 5.11. The maximum Gasteiger partial charge on any atom is 0.195 e. The number of carbonyl (C=O) groups excluding carboxylic acids is 2. The predicted octanol–water partition coefficient (Wildman–Crippen LogP) is 3.27. The van der Waals surface area contributed by atoms with Crippen molar-refractivity contribution in [3.05, 3.63) is 57.6 Å². The van der Waals surface area contributed by atoms with Gasteiger partial charge in [-0.1, -0.05) is 29.4 Å². The van der Waals surface area contributed by atoms with Crippen molar-refractivity contribution in [1.29, 1.82) is 0 Å². The summed E-state index contributed by atoms with van der Waals surface area (Å²) in [6.07, 6.45) is 3.93. The van der Waals surface area contributed by atoms with Gasteiger partial charge in [-0.15, -0.1) is 0 Å². The number of halogens is 1. The van der Waals surface area contributed by atoms with Gasteiger partial charge in [0.05, 0.1) is 0 Å². The molecule has 0 amide bonds. The van der Waals surface area contributed by atoms with Gasteiger partial charge in [0.2, 0.25) is 0 Å². The number of carbonyl (C=O) groups is 2. The monoisotopic (exact) mass is 305 g/mol. The Hall–Kier alpha value is -1.52.